The molecule has 7 rings (SSSR count). The third kappa shape index (κ3) is 9.71. The molecule has 4 heterocycles. The normalized spacial score (nSPS) is 23.9. The molecule has 3 saturated heterocycles. The number of alkyl carbamates (subject to hydrolysis) is 1. The highest BCUT2D eigenvalue weighted by atomic mass is 32.2. The second kappa shape index (κ2) is 18.0. The Labute approximate surface area is 347 Å². The number of aryl methyl sites for hydroxylation is 1. The van der Waals surface area contributed by atoms with E-state index in [0.717, 1.165) is 80.9 Å². The molecule has 4 fully saturated rings. The second-order valence-electron chi connectivity index (χ2n) is 17.2. The molecule has 1 N–H and O–H groups in total. The molecule has 4 atom stereocenters. The molecule has 0 spiro atoms. The standard InChI is InChI=1S/C43H58F2N6O6S2/c1-31-46-17-22-50(31)30-43(34-8-4-9-35(44)24-34,38-11-5-12-40(38)47-42(52)57-2)33-15-20-49(21-16-33)26-32-27-51(28-32)41-14-13-36(25-39(41)45)59(55,56)37-10-6-18-48(29-37)19-7-23-58(3,53)54/h4,7-9,13-14,17,22-25,32-33,37-38,40H,5-6,10-12,15-16,18-21,26-30H2,1-3H3,(H,47,52)/b23-7+/t37-,38-,40-,43?/m0/s1. The van der Waals surface area contributed by atoms with Crippen molar-refractivity contribution in [2.45, 2.75) is 80.0 Å². The molecule has 1 unspecified atom stereocenters. The van der Waals surface area contributed by atoms with Crippen LogP contribution in [0.4, 0.5) is 19.3 Å². The minimum Gasteiger partial charge on any atom is -0.453 e. The van der Waals surface area contributed by atoms with Gasteiger partial charge in [0.2, 0.25) is 0 Å². The number of likely N-dealkylation sites (tertiary alicyclic amines) is 2. The number of imidazole rings is 1. The Morgan fingerprint density at radius 3 is 2.42 bits per heavy atom. The Bertz CT molecular complexity index is 2210. The number of methoxy groups -OCH3 is 1. The van der Waals surface area contributed by atoms with Crippen LogP contribution in [0.2, 0.25) is 0 Å². The number of amides is 1. The maximum Gasteiger partial charge on any atom is 0.407 e. The predicted octanol–water partition coefficient (Wildman–Crippen LogP) is 5.58. The molecule has 0 bridgehead atoms. The maximum atomic E-state index is 15.6. The molecule has 3 aliphatic heterocycles. The van der Waals surface area contributed by atoms with Gasteiger partial charge in [-0.3, -0.25) is 4.90 Å². The van der Waals surface area contributed by atoms with Crippen molar-refractivity contribution in [3.8, 4) is 0 Å². The lowest BCUT2D eigenvalue weighted by atomic mass is 9.58. The lowest BCUT2D eigenvalue weighted by molar-refractivity contribution is 0.0542. The molecule has 12 nitrogen and oxygen atoms in total. The average molecular weight is 857 g/mol. The van der Waals surface area contributed by atoms with Crippen LogP contribution in [-0.4, -0.2) is 119 Å². The summed E-state index contributed by atoms with van der Waals surface area (Å²) in [6, 6.07) is 11.1. The number of benzene rings is 2. The summed E-state index contributed by atoms with van der Waals surface area (Å²) in [5.74, 6) is 0.621. The van der Waals surface area contributed by atoms with Gasteiger partial charge in [0.1, 0.15) is 17.5 Å². The minimum absolute atomic E-state index is 0.0280. The van der Waals surface area contributed by atoms with Crippen molar-refractivity contribution in [3.63, 3.8) is 0 Å². The summed E-state index contributed by atoms with van der Waals surface area (Å²) in [5.41, 5.74) is 0.861. The van der Waals surface area contributed by atoms with E-state index < -0.39 is 42.2 Å². The number of halogens is 2. The number of hydrogen-bond donors (Lipinski definition) is 1. The van der Waals surface area contributed by atoms with Crippen LogP contribution in [0.5, 0.6) is 0 Å². The number of nitrogens with zero attached hydrogens (tertiary/aromatic N) is 5. The number of sulfone groups is 2. The quantitative estimate of drug-likeness (QED) is 0.219. The lowest BCUT2D eigenvalue weighted by Crippen LogP contribution is -2.56. The van der Waals surface area contributed by atoms with E-state index in [-0.39, 0.29) is 35.1 Å². The Morgan fingerprint density at radius 1 is 0.966 bits per heavy atom. The maximum absolute atomic E-state index is 15.6. The highest BCUT2D eigenvalue weighted by Crippen LogP contribution is 2.52. The molecule has 2 aromatic carbocycles. The summed E-state index contributed by atoms with van der Waals surface area (Å²) >= 11 is 0. The van der Waals surface area contributed by atoms with Crippen LogP contribution in [0.1, 0.15) is 56.3 Å². The molecule has 1 saturated carbocycles. The van der Waals surface area contributed by atoms with Gasteiger partial charge in [-0.05, 0) is 113 Å². The predicted molar refractivity (Wildman–Crippen MR) is 224 cm³/mol. The molecule has 1 aromatic heterocycles. The molecule has 322 valence electrons. The van der Waals surface area contributed by atoms with Gasteiger partial charge in [0.05, 0.1) is 22.9 Å². The number of ether oxygens (including phenoxy) is 1. The van der Waals surface area contributed by atoms with Crippen LogP contribution < -0.4 is 10.2 Å². The number of nitrogens with one attached hydrogen (secondary N) is 1. The van der Waals surface area contributed by atoms with Gasteiger partial charge in [-0.1, -0.05) is 24.6 Å². The smallest absolute Gasteiger partial charge is 0.407 e. The lowest BCUT2D eigenvalue weighted by Gasteiger charge is -2.51. The Balaban J connectivity index is 1.000. The monoisotopic (exact) mass is 856 g/mol. The first-order chi connectivity index (χ1) is 28.2. The van der Waals surface area contributed by atoms with E-state index in [1.807, 2.05) is 29.0 Å². The van der Waals surface area contributed by atoms with E-state index in [0.29, 0.717) is 57.2 Å². The first-order valence-electron chi connectivity index (χ1n) is 20.8. The molecule has 16 heteroatoms. The molecular weight excluding hydrogens is 799 g/mol. The van der Waals surface area contributed by atoms with Gasteiger partial charge in [-0.15, -0.1) is 0 Å². The van der Waals surface area contributed by atoms with Crippen LogP contribution in [0.15, 0.2) is 71.2 Å². The molecule has 4 aliphatic rings. The van der Waals surface area contributed by atoms with E-state index >= 15 is 8.78 Å². The van der Waals surface area contributed by atoms with Gasteiger partial charge in [0.25, 0.3) is 0 Å². The number of anilines is 1. The summed E-state index contributed by atoms with van der Waals surface area (Å²) in [4.78, 5) is 23.4. The van der Waals surface area contributed by atoms with Gasteiger partial charge in [-0.25, -0.2) is 35.4 Å². The Kier molecular flexibility index (Phi) is 13.2. The number of carbonyl (C=O) groups is 1. The third-order valence-electron chi connectivity index (χ3n) is 13.4. The third-order valence-corrected chi connectivity index (χ3v) is 16.2. The van der Waals surface area contributed by atoms with E-state index in [9.17, 15) is 21.6 Å². The first-order valence-corrected chi connectivity index (χ1v) is 24.3. The molecule has 1 aliphatic carbocycles. The van der Waals surface area contributed by atoms with Gasteiger partial charge in [0.15, 0.2) is 19.7 Å². The van der Waals surface area contributed by atoms with Crippen molar-refractivity contribution in [1.29, 1.82) is 0 Å². The highest BCUT2D eigenvalue weighted by molar-refractivity contribution is 7.93. The van der Waals surface area contributed by atoms with E-state index in [1.54, 1.807) is 24.4 Å². The fourth-order valence-electron chi connectivity index (χ4n) is 10.5. The zero-order chi connectivity index (χ0) is 42.0. The second-order valence-corrected chi connectivity index (χ2v) is 21.3. The Hall–Kier alpha value is -3.86. The summed E-state index contributed by atoms with van der Waals surface area (Å²) in [6.45, 7) is 7.76. The molecule has 59 heavy (non-hydrogen) atoms. The van der Waals surface area contributed by atoms with Crippen LogP contribution in [0, 0.1) is 36.3 Å². The van der Waals surface area contributed by atoms with Crippen LogP contribution in [-0.2, 0) is 36.4 Å². The van der Waals surface area contributed by atoms with Crippen molar-refractivity contribution >= 4 is 31.5 Å². The SMILES string of the molecule is COC(=O)N[C@H]1CCC[C@@H]1C(Cn1ccnc1C)(c1cccc(F)c1)C1CCN(CC2CN(c3ccc(S(=O)(=O)[C@H]4CCCN(C/C=C/S(C)(=O)=O)C4)cc3F)C2)CC1. The average Bonchev–Trinajstić information content (AvgIpc) is 3.83. The number of piperidine rings is 2. The van der Waals surface area contributed by atoms with Crippen molar-refractivity contribution in [1.82, 2.24) is 24.7 Å². The summed E-state index contributed by atoms with van der Waals surface area (Å²) in [6.07, 6.45) is 11.6. The molecule has 1 amide bonds. The molecule has 0 radical (unpaired) electrons. The summed E-state index contributed by atoms with van der Waals surface area (Å²) in [7, 11) is -5.68. The first kappa shape index (κ1) is 43.2. The number of aromatic nitrogens is 2. The van der Waals surface area contributed by atoms with E-state index in [4.69, 9.17) is 4.74 Å². The van der Waals surface area contributed by atoms with Gasteiger partial charge < -0.3 is 24.4 Å². The summed E-state index contributed by atoms with van der Waals surface area (Å²) in [5, 5.41) is 3.57. The summed E-state index contributed by atoms with van der Waals surface area (Å²) < 4.78 is 88.1. The Morgan fingerprint density at radius 2 is 1.75 bits per heavy atom. The number of hydrogen-bond acceptors (Lipinski definition) is 10. The zero-order valence-electron chi connectivity index (χ0n) is 34.3. The van der Waals surface area contributed by atoms with E-state index in [2.05, 4.69) is 19.8 Å². The largest absolute Gasteiger partial charge is 0.453 e. The van der Waals surface area contributed by atoms with Gasteiger partial charge in [0, 0.05) is 80.7 Å². The number of rotatable bonds is 14. The topological polar surface area (TPSA) is 134 Å². The van der Waals surface area contributed by atoms with Crippen molar-refractivity contribution < 1.29 is 35.1 Å². The van der Waals surface area contributed by atoms with Crippen LogP contribution in [0.3, 0.4) is 0 Å². The van der Waals surface area contributed by atoms with Crippen LogP contribution >= 0.6 is 0 Å². The highest BCUT2D eigenvalue weighted by Gasteiger charge is 2.52. The number of carbonyl (C=O) groups excluding carboxylic acids is 1. The molecular formula is C43H58F2N6O6S2. The fourth-order valence-corrected chi connectivity index (χ4v) is 12.7. The minimum atomic E-state index is -3.80. The van der Waals surface area contributed by atoms with Crippen molar-refractivity contribution in [2.24, 2.45) is 17.8 Å². The van der Waals surface area contributed by atoms with Crippen molar-refractivity contribution in [3.05, 3.63) is 89.4 Å². The van der Waals surface area contributed by atoms with Gasteiger partial charge >= 0.3 is 6.09 Å². The van der Waals surface area contributed by atoms with Gasteiger partial charge in [-0.2, -0.15) is 0 Å². The zero-order valence-corrected chi connectivity index (χ0v) is 35.9. The van der Waals surface area contributed by atoms with Crippen LogP contribution in [0.25, 0.3) is 0 Å². The fraction of sp³-hybridized carbons (Fsp3) is 0.581. The van der Waals surface area contributed by atoms with Crippen molar-refractivity contribution in [2.75, 3.05) is 70.6 Å². The van der Waals surface area contributed by atoms with E-state index in [1.165, 1.54) is 25.3 Å². The molecule has 3 aromatic rings.